The van der Waals surface area contributed by atoms with Gasteiger partial charge in [-0.2, -0.15) is 5.26 Å². The molecule has 1 atom stereocenters. The fraction of sp³-hybridized carbons (Fsp3) is 0.556. The van der Waals surface area contributed by atoms with Crippen molar-refractivity contribution in [1.29, 1.82) is 5.26 Å². The zero-order valence-corrected chi connectivity index (χ0v) is 7.63. The summed E-state index contributed by atoms with van der Waals surface area (Å²) in [4.78, 5) is 10.9. The number of hydrogen-bond acceptors (Lipinski definition) is 3. The van der Waals surface area contributed by atoms with Crippen molar-refractivity contribution in [2.24, 2.45) is 5.92 Å². The van der Waals surface area contributed by atoms with Crippen LogP contribution in [0, 0.1) is 17.2 Å². The second-order valence-electron chi connectivity index (χ2n) is 2.57. The molecule has 0 aliphatic heterocycles. The highest BCUT2D eigenvalue weighted by Crippen LogP contribution is 2.07. The molecule has 0 saturated carbocycles. The Kier molecular flexibility index (Phi) is 4.78. The second kappa shape index (κ2) is 5.36. The van der Waals surface area contributed by atoms with Crippen LogP contribution >= 0.6 is 0 Å². The molecule has 0 aromatic rings. The van der Waals surface area contributed by atoms with Gasteiger partial charge >= 0.3 is 5.97 Å². The molecule has 0 N–H and O–H groups in total. The lowest BCUT2D eigenvalue weighted by Crippen LogP contribution is -2.04. The quantitative estimate of drug-likeness (QED) is 0.365. The Morgan fingerprint density at radius 1 is 1.75 bits per heavy atom. The van der Waals surface area contributed by atoms with Crippen molar-refractivity contribution in [2.45, 2.75) is 20.3 Å². The molecule has 0 heterocycles. The number of carbonyl (C=O) groups excluding carboxylic acids is 1. The van der Waals surface area contributed by atoms with Crippen molar-refractivity contribution in [1.82, 2.24) is 0 Å². The summed E-state index contributed by atoms with van der Waals surface area (Å²) in [5, 5.41) is 8.55. The van der Waals surface area contributed by atoms with Crippen LogP contribution in [0.25, 0.3) is 0 Å². The van der Waals surface area contributed by atoms with Crippen LogP contribution in [0.3, 0.4) is 0 Å². The van der Waals surface area contributed by atoms with E-state index < -0.39 is 5.97 Å². The summed E-state index contributed by atoms with van der Waals surface area (Å²) in [6.07, 6.45) is 2.54. The minimum atomic E-state index is -0.558. The second-order valence-corrected chi connectivity index (χ2v) is 2.57. The van der Waals surface area contributed by atoms with Crippen molar-refractivity contribution >= 4 is 5.97 Å². The van der Waals surface area contributed by atoms with E-state index in [4.69, 9.17) is 5.26 Å². The largest absolute Gasteiger partial charge is 0.465 e. The summed E-state index contributed by atoms with van der Waals surface area (Å²) in [5.74, 6) is -0.323. The smallest absolute Gasteiger partial charge is 0.348 e. The molecule has 0 rings (SSSR count). The standard InChI is InChI=1S/C9H13NO2/c1-4-7(2)5-8(6-10)9(11)12-3/h5,7H,4H2,1-3H3/b8-5+. The third-order valence-corrected chi connectivity index (χ3v) is 1.62. The van der Waals surface area contributed by atoms with Gasteiger partial charge in [0.2, 0.25) is 0 Å². The van der Waals surface area contributed by atoms with Crippen molar-refractivity contribution < 1.29 is 9.53 Å². The van der Waals surface area contributed by atoms with E-state index in [-0.39, 0.29) is 11.5 Å². The van der Waals surface area contributed by atoms with E-state index in [9.17, 15) is 4.79 Å². The normalized spacial score (nSPS) is 13.3. The van der Waals surface area contributed by atoms with Gasteiger partial charge in [0, 0.05) is 0 Å². The highest BCUT2D eigenvalue weighted by molar-refractivity contribution is 5.92. The van der Waals surface area contributed by atoms with E-state index in [2.05, 4.69) is 4.74 Å². The molecule has 0 saturated heterocycles. The molecule has 0 aliphatic carbocycles. The van der Waals surface area contributed by atoms with Gasteiger partial charge < -0.3 is 4.74 Å². The molecule has 0 aromatic carbocycles. The lowest BCUT2D eigenvalue weighted by Gasteiger charge is -2.01. The Bertz CT molecular complexity index is 225. The maximum Gasteiger partial charge on any atom is 0.348 e. The Balaban J connectivity index is 4.46. The van der Waals surface area contributed by atoms with E-state index in [0.717, 1.165) is 6.42 Å². The Hall–Kier alpha value is -1.30. The van der Waals surface area contributed by atoms with Crippen molar-refractivity contribution in [3.63, 3.8) is 0 Å². The van der Waals surface area contributed by atoms with Crippen LogP contribution in [0.4, 0.5) is 0 Å². The van der Waals surface area contributed by atoms with Crippen molar-refractivity contribution in [2.75, 3.05) is 7.11 Å². The molecule has 12 heavy (non-hydrogen) atoms. The summed E-state index contributed by atoms with van der Waals surface area (Å²) in [5.41, 5.74) is 0.0897. The lowest BCUT2D eigenvalue weighted by molar-refractivity contribution is -0.135. The molecule has 3 nitrogen and oxygen atoms in total. The number of nitrogens with zero attached hydrogens (tertiary/aromatic N) is 1. The number of carbonyl (C=O) groups is 1. The average Bonchev–Trinajstić information content (AvgIpc) is 2.12. The van der Waals surface area contributed by atoms with Gasteiger partial charge in [0.1, 0.15) is 11.6 Å². The van der Waals surface area contributed by atoms with Crippen LogP contribution in [0.5, 0.6) is 0 Å². The van der Waals surface area contributed by atoms with Crippen LogP contribution in [-0.4, -0.2) is 13.1 Å². The number of rotatable bonds is 3. The molecule has 0 spiro atoms. The number of methoxy groups -OCH3 is 1. The van der Waals surface area contributed by atoms with E-state index >= 15 is 0 Å². The van der Waals surface area contributed by atoms with E-state index in [1.807, 2.05) is 13.8 Å². The van der Waals surface area contributed by atoms with Gasteiger partial charge in [-0.25, -0.2) is 4.79 Å². The van der Waals surface area contributed by atoms with Gasteiger partial charge in [0.15, 0.2) is 0 Å². The first-order valence-corrected chi connectivity index (χ1v) is 3.85. The maximum absolute atomic E-state index is 10.9. The fourth-order valence-corrected chi connectivity index (χ4v) is 0.663. The molecule has 0 aliphatic rings. The molecule has 0 fully saturated rings. The van der Waals surface area contributed by atoms with Crippen LogP contribution in [0.1, 0.15) is 20.3 Å². The van der Waals surface area contributed by atoms with Crippen LogP contribution < -0.4 is 0 Å². The third-order valence-electron chi connectivity index (χ3n) is 1.62. The zero-order valence-electron chi connectivity index (χ0n) is 7.63. The average molecular weight is 167 g/mol. The maximum atomic E-state index is 10.9. The van der Waals surface area contributed by atoms with E-state index in [1.165, 1.54) is 7.11 Å². The molecule has 3 heteroatoms. The van der Waals surface area contributed by atoms with Gasteiger partial charge in [-0.05, 0) is 5.92 Å². The number of nitriles is 1. The monoisotopic (exact) mass is 167 g/mol. The molecule has 66 valence electrons. The predicted molar refractivity (Wildman–Crippen MR) is 45.2 cm³/mol. The summed E-state index contributed by atoms with van der Waals surface area (Å²) >= 11 is 0. The number of hydrogen-bond donors (Lipinski definition) is 0. The SMILES string of the molecule is CCC(C)/C=C(\C#N)C(=O)OC. The topological polar surface area (TPSA) is 50.1 Å². The molecule has 0 aromatic heterocycles. The predicted octanol–water partition coefficient (Wildman–Crippen LogP) is 1.66. The molecular weight excluding hydrogens is 154 g/mol. The first kappa shape index (κ1) is 10.7. The molecule has 0 radical (unpaired) electrons. The Morgan fingerprint density at radius 2 is 2.33 bits per heavy atom. The summed E-state index contributed by atoms with van der Waals surface area (Å²) in [7, 11) is 1.27. The third kappa shape index (κ3) is 3.20. The molecule has 0 bridgehead atoms. The van der Waals surface area contributed by atoms with Crippen LogP contribution in [0.2, 0.25) is 0 Å². The van der Waals surface area contributed by atoms with Gasteiger partial charge in [0.25, 0.3) is 0 Å². The van der Waals surface area contributed by atoms with E-state index in [0.29, 0.717) is 0 Å². The summed E-state index contributed by atoms with van der Waals surface area (Å²) in [6, 6.07) is 1.80. The van der Waals surface area contributed by atoms with E-state index in [1.54, 1.807) is 12.1 Å². The molecule has 1 unspecified atom stereocenters. The molecule has 0 amide bonds. The lowest BCUT2D eigenvalue weighted by atomic mass is 10.1. The van der Waals surface area contributed by atoms with Crippen LogP contribution in [0.15, 0.2) is 11.6 Å². The number of ether oxygens (including phenoxy) is 1. The first-order valence-electron chi connectivity index (χ1n) is 3.85. The Morgan fingerprint density at radius 3 is 2.67 bits per heavy atom. The van der Waals surface area contributed by atoms with Gasteiger partial charge in [-0.1, -0.05) is 26.3 Å². The number of esters is 1. The Labute approximate surface area is 72.6 Å². The zero-order chi connectivity index (χ0) is 9.56. The number of allylic oxidation sites excluding steroid dienone is 1. The highest BCUT2D eigenvalue weighted by atomic mass is 16.5. The van der Waals surface area contributed by atoms with Crippen molar-refractivity contribution in [3.8, 4) is 6.07 Å². The summed E-state index contributed by atoms with van der Waals surface area (Å²) in [6.45, 7) is 3.94. The minimum absolute atomic E-state index is 0.0897. The highest BCUT2D eigenvalue weighted by Gasteiger charge is 2.09. The molecular formula is C9H13NO2. The van der Waals surface area contributed by atoms with Gasteiger partial charge in [0.05, 0.1) is 7.11 Å². The summed E-state index contributed by atoms with van der Waals surface area (Å²) < 4.78 is 4.42. The van der Waals surface area contributed by atoms with Gasteiger partial charge in [-0.3, -0.25) is 0 Å². The van der Waals surface area contributed by atoms with Crippen LogP contribution in [-0.2, 0) is 9.53 Å². The fourth-order valence-electron chi connectivity index (χ4n) is 0.663. The van der Waals surface area contributed by atoms with Gasteiger partial charge in [-0.15, -0.1) is 0 Å². The first-order chi connectivity index (χ1) is 5.65. The van der Waals surface area contributed by atoms with Crippen molar-refractivity contribution in [3.05, 3.63) is 11.6 Å². The minimum Gasteiger partial charge on any atom is -0.465 e.